The SMILES string of the molecule is [Cl][Pd]([Cl])([Cl])[Cl].[H-].[K+]. The van der Waals surface area contributed by atoms with E-state index in [4.69, 9.17) is 38.1 Å². The molecule has 0 saturated heterocycles. The fourth-order valence-corrected chi connectivity index (χ4v) is 0. The van der Waals surface area contributed by atoms with E-state index in [2.05, 4.69) is 0 Å². The Kier molecular flexibility index (Phi) is 10.7. The minimum absolute atomic E-state index is 0. The molecule has 0 amide bonds. The van der Waals surface area contributed by atoms with Crippen molar-refractivity contribution in [2.24, 2.45) is 0 Å². The van der Waals surface area contributed by atoms with Gasteiger partial charge in [-0.05, 0) is 0 Å². The van der Waals surface area contributed by atoms with Gasteiger partial charge in [-0.15, -0.1) is 0 Å². The molecule has 0 nitrogen and oxygen atoms in total. The molecule has 0 bridgehead atoms. The molecule has 0 N–H and O–H groups in total. The van der Waals surface area contributed by atoms with Crippen LogP contribution in [0.1, 0.15) is 1.43 Å². The molecule has 0 rings (SSSR count). The summed E-state index contributed by atoms with van der Waals surface area (Å²) in [6, 6.07) is 0. The first kappa shape index (κ1) is 12.2. The molecule has 0 aromatic rings. The standard InChI is InChI=1S/4ClH.K.Pd.H/h4*1H;;;/q;;;;+1;+4;-1/p-4. The second-order valence-electron chi connectivity index (χ2n) is 0.271. The molecular formula is HCl4KPd. The van der Waals surface area contributed by atoms with Gasteiger partial charge in [-0.25, -0.2) is 0 Å². The first-order valence-electron chi connectivity index (χ1n) is 0.478. The van der Waals surface area contributed by atoms with Crippen molar-refractivity contribution >= 4 is 38.1 Å². The molecule has 6 heteroatoms. The Labute approximate surface area is 99.7 Å². The maximum absolute atomic E-state index is 4.98. The van der Waals surface area contributed by atoms with Crippen LogP contribution in [0.15, 0.2) is 0 Å². The van der Waals surface area contributed by atoms with E-state index >= 15 is 0 Å². The Morgan fingerprint density at radius 2 is 1.00 bits per heavy atom. The van der Waals surface area contributed by atoms with Gasteiger partial charge in [0.05, 0.1) is 0 Å². The smallest absolute Gasteiger partial charge is 1.00 e. The zero-order valence-corrected chi connectivity index (χ0v) is 10.5. The third-order valence-electron chi connectivity index (χ3n) is 0. The Hall–Kier alpha value is 3.46. The van der Waals surface area contributed by atoms with Gasteiger partial charge in [-0.1, -0.05) is 0 Å². The third kappa shape index (κ3) is 26.0. The van der Waals surface area contributed by atoms with Crippen LogP contribution in [0.25, 0.3) is 0 Å². The van der Waals surface area contributed by atoms with Crippen molar-refractivity contribution in [3.05, 3.63) is 0 Å². The van der Waals surface area contributed by atoms with Gasteiger partial charge in [0.2, 0.25) is 0 Å². The summed E-state index contributed by atoms with van der Waals surface area (Å²) >= 11 is -2.81. The molecule has 0 fully saturated rings. The van der Waals surface area contributed by atoms with E-state index in [0.29, 0.717) is 0 Å². The van der Waals surface area contributed by atoms with Crippen LogP contribution in [-0.2, 0) is 11.5 Å². The van der Waals surface area contributed by atoms with E-state index < -0.39 is 11.5 Å². The van der Waals surface area contributed by atoms with Crippen molar-refractivity contribution in [3.63, 3.8) is 0 Å². The first-order chi connectivity index (χ1) is 2.00. The summed E-state index contributed by atoms with van der Waals surface area (Å²) in [5.41, 5.74) is 0. The summed E-state index contributed by atoms with van der Waals surface area (Å²) in [6.07, 6.45) is 0. The second kappa shape index (κ2) is 5.26. The summed E-state index contributed by atoms with van der Waals surface area (Å²) in [6.45, 7) is 0. The molecule has 0 atom stereocenters. The average Bonchev–Trinajstić information content (AvgIpc) is 0.722. The maximum Gasteiger partial charge on any atom is 1.00 e. The first-order valence-corrected chi connectivity index (χ1v) is 8.49. The largest absolute Gasteiger partial charge is 1.00 e. The van der Waals surface area contributed by atoms with Crippen LogP contribution in [0.4, 0.5) is 0 Å². The van der Waals surface area contributed by atoms with Gasteiger partial charge in [0.1, 0.15) is 0 Å². The normalized spacial score (nSPS) is 12.7. The molecule has 0 aromatic heterocycles. The molecule has 40 valence electrons. The van der Waals surface area contributed by atoms with E-state index in [1.807, 2.05) is 0 Å². The molecular weight excluding hydrogens is 287 g/mol. The van der Waals surface area contributed by atoms with E-state index in [-0.39, 0.29) is 52.8 Å². The zero-order chi connectivity index (χ0) is 4.50. The number of halogens is 4. The van der Waals surface area contributed by atoms with E-state index in [1.54, 1.807) is 0 Å². The second-order valence-corrected chi connectivity index (χ2v) is 14.4. The fraction of sp³-hybridized carbons (Fsp3) is 0. The van der Waals surface area contributed by atoms with Crippen molar-refractivity contribution in [2.45, 2.75) is 0 Å². The van der Waals surface area contributed by atoms with Crippen LogP contribution in [0.3, 0.4) is 0 Å². The summed E-state index contributed by atoms with van der Waals surface area (Å²) in [5.74, 6) is 0. The Morgan fingerprint density at radius 1 is 1.00 bits per heavy atom. The molecule has 0 aromatic carbocycles. The van der Waals surface area contributed by atoms with Gasteiger partial charge in [0, 0.05) is 0 Å². The minimum Gasteiger partial charge on any atom is -1.00 e. The van der Waals surface area contributed by atoms with Crippen molar-refractivity contribution in [1.29, 1.82) is 0 Å². The Bertz CT molecular complexity index is 27.2. The van der Waals surface area contributed by atoms with Gasteiger partial charge in [0.25, 0.3) is 0 Å². The molecule has 0 aliphatic rings. The summed E-state index contributed by atoms with van der Waals surface area (Å²) in [7, 11) is 19.9. The number of hydrogen-bond donors (Lipinski definition) is 0. The molecule has 0 aliphatic heterocycles. The van der Waals surface area contributed by atoms with Crippen LogP contribution in [0.5, 0.6) is 0 Å². The van der Waals surface area contributed by atoms with E-state index in [9.17, 15) is 0 Å². The topological polar surface area (TPSA) is 0 Å². The van der Waals surface area contributed by atoms with Crippen LogP contribution in [-0.4, -0.2) is 0 Å². The summed E-state index contributed by atoms with van der Waals surface area (Å²) in [5, 5.41) is 0. The van der Waals surface area contributed by atoms with Gasteiger partial charge in [0.15, 0.2) is 0 Å². The van der Waals surface area contributed by atoms with Crippen LogP contribution in [0.2, 0.25) is 0 Å². The van der Waals surface area contributed by atoms with Gasteiger partial charge in [-0.3, -0.25) is 0 Å². The number of rotatable bonds is 0. The van der Waals surface area contributed by atoms with Crippen molar-refractivity contribution in [1.82, 2.24) is 0 Å². The van der Waals surface area contributed by atoms with Crippen molar-refractivity contribution < 1.29 is 64.3 Å². The molecule has 0 heterocycles. The third-order valence-corrected chi connectivity index (χ3v) is 0. The Balaban J connectivity index is -0.0000000800. The molecule has 6 heavy (non-hydrogen) atoms. The minimum atomic E-state index is -2.81. The van der Waals surface area contributed by atoms with Crippen molar-refractivity contribution in [3.8, 4) is 0 Å². The average molecular weight is 288 g/mol. The molecule has 0 aliphatic carbocycles. The van der Waals surface area contributed by atoms with E-state index in [0.717, 1.165) is 0 Å². The molecule has 0 unspecified atom stereocenters. The van der Waals surface area contributed by atoms with Gasteiger partial charge < -0.3 is 1.43 Å². The fourth-order valence-electron chi connectivity index (χ4n) is 0. The molecule has 0 spiro atoms. The van der Waals surface area contributed by atoms with Crippen LogP contribution >= 0.6 is 38.1 Å². The molecule has 0 radical (unpaired) electrons. The Morgan fingerprint density at radius 3 is 1.00 bits per heavy atom. The van der Waals surface area contributed by atoms with Gasteiger partial charge in [-0.2, -0.15) is 0 Å². The van der Waals surface area contributed by atoms with Crippen molar-refractivity contribution in [2.75, 3.05) is 0 Å². The zero-order valence-electron chi connectivity index (χ0n) is 3.83. The van der Waals surface area contributed by atoms with E-state index in [1.165, 1.54) is 0 Å². The number of hydrogen-bond acceptors (Lipinski definition) is 0. The van der Waals surface area contributed by atoms with Gasteiger partial charge >= 0.3 is 101 Å². The predicted molar refractivity (Wildman–Crippen MR) is 24.5 cm³/mol. The van der Waals surface area contributed by atoms with Crippen LogP contribution in [0, 0.1) is 0 Å². The summed E-state index contributed by atoms with van der Waals surface area (Å²) in [4.78, 5) is 0. The monoisotopic (exact) mass is 286 g/mol. The quantitative estimate of drug-likeness (QED) is 0.545. The maximum atomic E-state index is 4.98. The summed E-state index contributed by atoms with van der Waals surface area (Å²) < 4.78 is 0. The predicted octanol–water partition coefficient (Wildman–Crippen LogP) is -0.128. The molecule has 0 saturated carbocycles. The van der Waals surface area contributed by atoms with Crippen LogP contribution < -0.4 is 51.4 Å².